The van der Waals surface area contributed by atoms with Gasteiger partial charge < -0.3 is 9.52 Å². The Bertz CT molecular complexity index is 664. The van der Waals surface area contributed by atoms with E-state index in [-0.39, 0.29) is 24.0 Å². The molecule has 0 radical (unpaired) electrons. The molecule has 0 unspecified atom stereocenters. The van der Waals surface area contributed by atoms with E-state index in [0.717, 1.165) is 11.1 Å². The lowest BCUT2D eigenvalue weighted by Crippen LogP contribution is -2.23. The normalized spacial score (nSPS) is 11.7. The van der Waals surface area contributed by atoms with Gasteiger partial charge in [0, 0.05) is 18.9 Å². The monoisotopic (exact) mass is 282 g/mol. The van der Waals surface area contributed by atoms with Crippen molar-refractivity contribution < 1.29 is 17.9 Å². The zero-order valence-corrected chi connectivity index (χ0v) is 11.1. The van der Waals surface area contributed by atoms with Gasteiger partial charge in [0.1, 0.15) is 12.4 Å². The first-order valence-electron chi connectivity index (χ1n) is 5.61. The molecule has 0 spiro atoms. The highest BCUT2D eigenvalue weighted by Crippen LogP contribution is 2.14. The zero-order chi connectivity index (χ0) is 13.9. The molecule has 0 atom stereocenters. The first kappa shape index (κ1) is 13.7. The first-order chi connectivity index (χ1) is 9.03. The molecule has 0 aliphatic carbocycles. The highest BCUT2D eigenvalue weighted by atomic mass is 32.2. The minimum atomic E-state index is -3.72. The van der Waals surface area contributed by atoms with Gasteiger partial charge in [0.15, 0.2) is 0 Å². The molecule has 19 heavy (non-hydrogen) atoms. The molecule has 0 saturated carbocycles. The molecule has 7 heteroatoms. The lowest BCUT2D eigenvalue weighted by atomic mass is 10.2. The third-order valence-corrected chi connectivity index (χ3v) is 3.93. The Labute approximate surface area is 111 Å². The van der Waals surface area contributed by atoms with Crippen molar-refractivity contribution in [2.45, 2.75) is 25.2 Å². The maximum Gasteiger partial charge on any atom is 0.274 e. The van der Waals surface area contributed by atoms with Crippen molar-refractivity contribution >= 4 is 10.0 Å². The lowest BCUT2D eigenvalue weighted by molar-refractivity contribution is 0.236. The van der Waals surface area contributed by atoms with E-state index in [2.05, 4.69) is 9.71 Å². The van der Waals surface area contributed by atoms with Crippen LogP contribution in [0.4, 0.5) is 0 Å². The summed E-state index contributed by atoms with van der Waals surface area (Å²) >= 11 is 0. The second-order valence-corrected chi connectivity index (χ2v) is 5.70. The molecule has 0 saturated heterocycles. The van der Waals surface area contributed by atoms with E-state index in [0.29, 0.717) is 0 Å². The van der Waals surface area contributed by atoms with E-state index in [1.165, 1.54) is 12.1 Å². The molecule has 0 aliphatic rings. The van der Waals surface area contributed by atoms with Crippen molar-refractivity contribution in [3.63, 3.8) is 0 Å². The van der Waals surface area contributed by atoms with Gasteiger partial charge in [-0.3, -0.25) is 4.98 Å². The van der Waals surface area contributed by atoms with Gasteiger partial charge in [0.2, 0.25) is 5.09 Å². The van der Waals surface area contributed by atoms with Gasteiger partial charge in [-0.1, -0.05) is 0 Å². The number of aromatic nitrogens is 1. The second-order valence-electron chi connectivity index (χ2n) is 4.01. The van der Waals surface area contributed by atoms with Crippen LogP contribution in [0.1, 0.15) is 16.9 Å². The topological polar surface area (TPSA) is 92.4 Å². The minimum absolute atomic E-state index is 0.136. The van der Waals surface area contributed by atoms with Crippen molar-refractivity contribution in [1.29, 1.82) is 0 Å². The molecular weight excluding hydrogens is 268 g/mol. The number of aliphatic hydroxyl groups is 1. The molecule has 2 N–H and O–H groups in total. The molecule has 2 rings (SSSR count). The average Bonchev–Trinajstić information content (AvgIpc) is 2.87. The second kappa shape index (κ2) is 5.52. The van der Waals surface area contributed by atoms with Gasteiger partial charge in [0.25, 0.3) is 10.0 Å². The maximum atomic E-state index is 11.9. The summed E-state index contributed by atoms with van der Waals surface area (Å²) in [6.07, 6.45) is 3.26. The lowest BCUT2D eigenvalue weighted by Gasteiger charge is -2.06. The van der Waals surface area contributed by atoms with Crippen molar-refractivity contribution in [2.75, 3.05) is 0 Å². The predicted molar refractivity (Wildman–Crippen MR) is 67.6 cm³/mol. The van der Waals surface area contributed by atoms with Crippen LogP contribution in [-0.4, -0.2) is 18.5 Å². The largest absolute Gasteiger partial charge is 0.446 e. The van der Waals surface area contributed by atoms with Crippen LogP contribution in [0.5, 0.6) is 0 Å². The van der Waals surface area contributed by atoms with Crippen molar-refractivity contribution in [2.24, 2.45) is 0 Å². The smallest absolute Gasteiger partial charge is 0.274 e. The van der Waals surface area contributed by atoms with Crippen LogP contribution in [-0.2, 0) is 23.2 Å². The van der Waals surface area contributed by atoms with E-state index in [4.69, 9.17) is 9.52 Å². The SMILES string of the molecule is Cc1ccncc1CNS(=O)(=O)c1ccc(CO)o1. The highest BCUT2D eigenvalue weighted by Gasteiger charge is 2.18. The highest BCUT2D eigenvalue weighted by molar-refractivity contribution is 7.89. The molecule has 0 amide bonds. The van der Waals surface area contributed by atoms with Gasteiger partial charge in [0.05, 0.1) is 0 Å². The standard InChI is InChI=1S/C12H14N2O4S/c1-9-4-5-13-6-10(9)7-14-19(16,17)12-3-2-11(8-15)18-12/h2-6,14-15H,7-8H2,1H3. The number of aryl methyl sites for hydroxylation is 1. The Hall–Kier alpha value is -1.70. The number of nitrogens with zero attached hydrogens (tertiary/aromatic N) is 1. The Kier molecular flexibility index (Phi) is 3.98. The van der Waals surface area contributed by atoms with E-state index in [1.807, 2.05) is 6.92 Å². The van der Waals surface area contributed by atoms with E-state index in [1.54, 1.807) is 18.5 Å². The number of aliphatic hydroxyl groups excluding tert-OH is 1. The summed E-state index contributed by atoms with van der Waals surface area (Å²) < 4.78 is 31.3. The van der Waals surface area contributed by atoms with E-state index >= 15 is 0 Å². The zero-order valence-electron chi connectivity index (χ0n) is 10.3. The summed E-state index contributed by atoms with van der Waals surface area (Å²) in [5.41, 5.74) is 1.74. The van der Waals surface area contributed by atoms with Crippen LogP contribution >= 0.6 is 0 Å². The molecule has 6 nitrogen and oxygen atoms in total. The van der Waals surface area contributed by atoms with Gasteiger partial charge >= 0.3 is 0 Å². The fourth-order valence-electron chi connectivity index (χ4n) is 1.51. The Morgan fingerprint density at radius 1 is 1.37 bits per heavy atom. The predicted octanol–water partition coefficient (Wildman–Crippen LogP) is 0.954. The third-order valence-electron chi connectivity index (χ3n) is 2.66. The Morgan fingerprint density at radius 3 is 2.79 bits per heavy atom. The molecular formula is C12H14N2O4S. The number of pyridine rings is 1. The number of nitrogens with one attached hydrogen (secondary N) is 1. The molecule has 2 aromatic rings. The van der Waals surface area contributed by atoms with Gasteiger partial charge in [-0.25, -0.2) is 13.1 Å². The Morgan fingerprint density at radius 2 is 2.16 bits per heavy atom. The van der Waals surface area contributed by atoms with Crippen molar-refractivity contribution in [3.05, 3.63) is 47.5 Å². The van der Waals surface area contributed by atoms with Gasteiger partial charge in [-0.05, 0) is 36.2 Å². The fourth-order valence-corrected chi connectivity index (χ4v) is 2.47. The summed E-state index contributed by atoms with van der Waals surface area (Å²) in [5, 5.41) is 8.63. The number of hydrogen-bond donors (Lipinski definition) is 2. The first-order valence-corrected chi connectivity index (χ1v) is 7.10. The minimum Gasteiger partial charge on any atom is -0.446 e. The van der Waals surface area contributed by atoms with E-state index < -0.39 is 10.0 Å². The molecule has 2 heterocycles. The van der Waals surface area contributed by atoms with Crippen LogP contribution in [0, 0.1) is 6.92 Å². The molecule has 102 valence electrons. The Balaban J connectivity index is 2.12. The fraction of sp³-hybridized carbons (Fsp3) is 0.250. The number of sulfonamides is 1. The third kappa shape index (κ3) is 3.19. The van der Waals surface area contributed by atoms with Gasteiger partial charge in [-0.2, -0.15) is 0 Å². The quantitative estimate of drug-likeness (QED) is 0.852. The van der Waals surface area contributed by atoms with Crippen molar-refractivity contribution in [1.82, 2.24) is 9.71 Å². The molecule has 0 aliphatic heterocycles. The van der Waals surface area contributed by atoms with Crippen LogP contribution in [0.15, 0.2) is 40.1 Å². The molecule has 0 bridgehead atoms. The van der Waals surface area contributed by atoms with Crippen LogP contribution in [0.2, 0.25) is 0 Å². The van der Waals surface area contributed by atoms with E-state index in [9.17, 15) is 8.42 Å². The van der Waals surface area contributed by atoms with Crippen LogP contribution in [0.25, 0.3) is 0 Å². The molecule has 2 aromatic heterocycles. The van der Waals surface area contributed by atoms with Crippen LogP contribution < -0.4 is 4.72 Å². The summed E-state index contributed by atoms with van der Waals surface area (Å²) in [5.74, 6) is 0.206. The van der Waals surface area contributed by atoms with Crippen LogP contribution in [0.3, 0.4) is 0 Å². The number of rotatable bonds is 5. The molecule has 0 aromatic carbocycles. The summed E-state index contributed by atoms with van der Waals surface area (Å²) in [6.45, 7) is 1.68. The average molecular weight is 282 g/mol. The molecule has 0 fully saturated rings. The summed E-state index contributed by atoms with van der Waals surface area (Å²) in [7, 11) is -3.72. The maximum absolute atomic E-state index is 11.9. The summed E-state index contributed by atoms with van der Waals surface area (Å²) in [4.78, 5) is 3.94. The van der Waals surface area contributed by atoms with Gasteiger partial charge in [-0.15, -0.1) is 0 Å². The number of hydrogen-bond acceptors (Lipinski definition) is 5. The summed E-state index contributed by atoms with van der Waals surface area (Å²) in [6, 6.07) is 4.54. The number of furan rings is 1. The van der Waals surface area contributed by atoms with Crippen molar-refractivity contribution in [3.8, 4) is 0 Å².